The number of hydrogen-bond donors (Lipinski definition) is 3. The Kier molecular flexibility index (Phi) is 11.1. The van der Waals surface area contributed by atoms with E-state index in [0.29, 0.717) is 42.3 Å². The van der Waals surface area contributed by atoms with Crippen LogP contribution in [0.4, 0.5) is 21.9 Å². The number of likely N-dealkylation sites (tertiary alicyclic amines) is 1. The molecule has 6 aromatic rings. The average Bonchev–Trinajstić information content (AvgIpc) is 4.11. The summed E-state index contributed by atoms with van der Waals surface area (Å²) in [6, 6.07) is 20.1. The zero-order valence-corrected chi connectivity index (χ0v) is 37.7. The van der Waals surface area contributed by atoms with Gasteiger partial charge in [0.1, 0.15) is 0 Å². The molecule has 16 nitrogen and oxygen atoms in total. The normalized spacial score (nSPS) is 20.1. The minimum absolute atomic E-state index is 0.0219. The molecule has 65 heavy (non-hydrogen) atoms. The lowest BCUT2D eigenvalue weighted by Crippen LogP contribution is -2.49. The minimum atomic E-state index is -0.384. The molecular weight excluding hydrogens is 821 g/mol. The molecule has 4 amide bonds. The summed E-state index contributed by atoms with van der Waals surface area (Å²) in [5.41, 5.74) is 9.09. The van der Waals surface area contributed by atoms with Crippen molar-refractivity contribution in [1.29, 1.82) is 0 Å². The van der Waals surface area contributed by atoms with Crippen molar-refractivity contribution in [2.75, 3.05) is 67.1 Å². The monoisotopic (exact) mass is 876 g/mol. The second-order valence-electron chi connectivity index (χ2n) is 19.4. The summed E-state index contributed by atoms with van der Waals surface area (Å²) in [5, 5.41) is 17.9. The smallest absolute Gasteiger partial charge is 0.328 e. The van der Waals surface area contributed by atoms with Gasteiger partial charge in [-0.1, -0.05) is 38.1 Å². The summed E-state index contributed by atoms with van der Waals surface area (Å²) in [6.07, 6.45) is 6.52. The van der Waals surface area contributed by atoms with Crippen molar-refractivity contribution in [2.24, 2.45) is 17.8 Å². The number of nitrogens with one attached hydrogen (secondary N) is 3. The third-order valence-corrected chi connectivity index (χ3v) is 13.7. The van der Waals surface area contributed by atoms with Crippen LogP contribution >= 0.6 is 0 Å². The number of amides is 4. The van der Waals surface area contributed by atoms with Gasteiger partial charge in [0.15, 0.2) is 5.65 Å². The molecule has 8 heterocycles. The Bertz CT molecular complexity index is 2720. The third kappa shape index (κ3) is 8.66. The largest absolute Gasteiger partial charge is 0.372 e. The van der Waals surface area contributed by atoms with Gasteiger partial charge in [0.2, 0.25) is 11.8 Å². The number of carbonyl (C=O) groups excluding carboxylic acids is 3. The Labute approximate surface area is 378 Å². The van der Waals surface area contributed by atoms with Crippen molar-refractivity contribution in [2.45, 2.75) is 65.3 Å². The molecule has 3 atom stereocenters. The van der Waals surface area contributed by atoms with Crippen molar-refractivity contribution in [1.82, 2.24) is 45.8 Å². The standard InChI is InChI=1S/C49H56N12O4/c1-29-20-32(6-12-39(29)30(2)52-46(63)45-54-47(65-57-45)49(3,4)5)43-40-21-33(22-51-44(40)56-55-43)41-13-11-38(23-50-41)60-27-34-25-58(26-35(34)28-60)24-31-14-17-59(18-15-31)36-7-9-37(10-8-36)61-19-16-42(62)53-48(61)64/h6-13,20-23,30-31,34-35H,14-19,24-28H2,1-5H3,(H,52,63)(H,51,55,56)(H,53,62,64). The highest BCUT2D eigenvalue weighted by Crippen LogP contribution is 2.37. The second-order valence-corrected chi connectivity index (χ2v) is 19.4. The minimum Gasteiger partial charge on any atom is -0.372 e. The second kappa shape index (κ2) is 17.0. The fourth-order valence-corrected chi connectivity index (χ4v) is 10.1. The van der Waals surface area contributed by atoms with Crippen molar-refractivity contribution in [3.05, 3.63) is 95.9 Å². The van der Waals surface area contributed by atoms with Crippen molar-refractivity contribution in [3.8, 4) is 22.5 Å². The van der Waals surface area contributed by atoms with E-state index in [-0.39, 0.29) is 35.1 Å². The SMILES string of the molecule is Cc1cc(-c2[nH]nc3ncc(-c4ccc(N5CC6CN(CC7CCN(c8ccc(N9CCC(=O)NC9=O)cc8)CC7)CC6C5)cn4)cc23)ccc1C(C)NC(=O)c1noc(C(C)(C)C)n1. The van der Waals surface area contributed by atoms with E-state index >= 15 is 0 Å². The number of H-pyrrole nitrogens is 1. The highest BCUT2D eigenvalue weighted by atomic mass is 16.5. The number of carbonyl (C=O) groups is 3. The fraction of sp³-hybridized carbons (Fsp3) is 0.429. The molecule has 0 radical (unpaired) electrons. The predicted octanol–water partition coefficient (Wildman–Crippen LogP) is 6.90. The van der Waals surface area contributed by atoms with Gasteiger partial charge in [0.05, 0.1) is 29.3 Å². The maximum absolute atomic E-state index is 13.0. The van der Waals surface area contributed by atoms with Gasteiger partial charge in [-0.05, 0) is 104 Å². The van der Waals surface area contributed by atoms with E-state index in [1.54, 1.807) is 4.90 Å². The Hall–Kier alpha value is -6.68. The number of imide groups is 1. The number of urea groups is 1. The molecule has 0 spiro atoms. The molecule has 10 rings (SSSR count). The molecule has 0 aliphatic carbocycles. The van der Waals surface area contributed by atoms with Crippen LogP contribution in [-0.4, -0.2) is 105 Å². The summed E-state index contributed by atoms with van der Waals surface area (Å²) in [5.74, 6) is 1.87. The first kappa shape index (κ1) is 42.3. The number of aryl methyl sites for hydroxylation is 1. The number of anilines is 3. The number of aromatic amines is 1. The van der Waals surface area contributed by atoms with Gasteiger partial charge in [-0.15, -0.1) is 0 Å². The maximum atomic E-state index is 13.0. The Balaban J connectivity index is 0.715. The number of hydrogen-bond acceptors (Lipinski definition) is 12. The number of aromatic nitrogens is 6. The molecule has 336 valence electrons. The predicted molar refractivity (Wildman–Crippen MR) is 249 cm³/mol. The topological polar surface area (TPSA) is 182 Å². The molecular formula is C49H56N12O4. The van der Waals surface area contributed by atoms with Gasteiger partial charge in [-0.3, -0.25) is 29.9 Å². The van der Waals surface area contributed by atoms with Gasteiger partial charge in [-0.2, -0.15) is 10.1 Å². The van der Waals surface area contributed by atoms with Gasteiger partial charge < -0.3 is 24.5 Å². The summed E-state index contributed by atoms with van der Waals surface area (Å²) in [7, 11) is 0. The van der Waals surface area contributed by atoms with E-state index in [1.165, 1.54) is 25.1 Å². The van der Waals surface area contributed by atoms with Crippen molar-refractivity contribution < 1.29 is 18.9 Å². The molecule has 3 unspecified atom stereocenters. The van der Waals surface area contributed by atoms with Crippen LogP contribution in [0, 0.1) is 24.7 Å². The van der Waals surface area contributed by atoms with Crippen LogP contribution in [0.15, 0.2) is 77.6 Å². The van der Waals surface area contributed by atoms with E-state index in [0.717, 1.165) is 89.7 Å². The van der Waals surface area contributed by atoms with Crippen LogP contribution in [0.5, 0.6) is 0 Å². The first-order chi connectivity index (χ1) is 31.3. The summed E-state index contributed by atoms with van der Waals surface area (Å²) in [6.45, 7) is 17.9. The van der Waals surface area contributed by atoms with Crippen LogP contribution < -0.4 is 25.3 Å². The number of rotatable bonds is 10. The summed E-state index contributed by atoms with van der Waals surface area (Å²) in [4.78, 5) is 60.0. The van der Waals surface area contributed by atoms with Gasteiger partial charge in [0.25, 0.3) is 11.7 Å². The van der Waals surface area contributed by atoms with Crippen molar-refractivity contribution >= 4 is 45.9 Å². The quantitative estimate of drug-likeness (QED) is 0.130. The van der Waals surface area contributed by atoms with Gasteiger partial charge in [-0.25, -0.2) is 9.78 Å². The van der Waals surface area contributed by atoms with Gasteiger partial charge >= 0.3 is 6.03 Å². The van der Waals surface area contributed by atoms with Crippen LogP contribution in [0.2, 0.25) is 0 Å². The molecule has 4 saturated heterocycles. The average molecular weight is 877 g/mol. The lowest BCUT2D eigenvalue weighted by molar-refractivity contribution is -0.120. The van der Waals surface area contributed by atoms with E-state index in [9.17, 15) is 14.4 Å². The highest BCUT2D eigenvalue weighted by Gasteiger charge is 2.41. The van der Waals surface area contributed by atoms with E-state index in [2.05, 4.69) is 87.1 Å². The summed E-state index contributed by atoms with van der Waals surface area (Å²) >= 11 is 0. The van der Waals surface area contributed by atoms with Crippen LogP contribution in [0.25, 0.3) is 33.5 Å². The first-order valence-corrected chi connectivity index (χ1v) is 22.8. The molecule has 0 bridgehead atoms. The Morgan fingerprint density at radius 1 is 0.862 bits per heavy atom. The van der Waals surface area contributed by atoms with E-state index in [1.807, 2.05) is 71.3 Å². The Morgan fingerprint density at radius 3 is 2.28 bits per heavy atom. The summed E-state index contributed by atoms with van der Waals surface area (Å²) < 4.78 is 5.32. The molecule has 16 heteroatoms. The lowest BCUT2D eigenvalue weighted by Gasteiger charge is -2.36. The van der Waals surface area contributed by atoms with E-state index in [4.69, 9.17) is 9.51 Å². The fourth-order valence-electron chi connectivity index (χ4n) is 10.1. The first-order valence-electron chi connectivity index (χ1n) is 22.8. The molecule has 4 aliphatic rings. The number of fused-ring (bicyclic) bond motifs is 2. The number of benzene rings is 2. The van der Waals surface area contributed by atoms with Crippen LogP contribution in [0.3, 0.4) is 0 Å². The third-order valence-electron chi connectivity index (χ3n) is 13.7. The molecule has 4 aromatic heterocycles. The molecule has 0 saturated carbocycles. The Morgan fingerprint density at radius 2 is 1.60 bits per heavy atom. The zero-order chi connectivity index (χ0) is 45.0. The number of piperidine rings is 1. The molecule has 4 fully saturated rings. The number of nitrogens with zero attached hydrogens (tertiary/aromatic N) is 9. The lowest BCUT2D eigenvalue weighted by atomic mass is 9.95. The van der Waals surface area contributed by atoms with Crippen LogP contribution in [-0.2, 0) is 10.2 Å². The maximum Gasteiger partial charge on any atom is 0.328 e. The molecule has 3 N–H and O–H groups in total. The molecule has 2 aromatic carbocycles. The highest BCUT2D eigenvalue weighted by molar-refractivity contribution is 6.05. The zero-order valence-electron chi connectivity index (χ0n) is 37.7. The number of pyridine rings is 2. The molecule has 4 aliphatic heterocycles. The van der Waals surface area contributed by atoms with Crippen molar-refractivity contribution in [3.63, 3.8) is 0 Å². The van der Waals surface area contributed by atoms with E-state index < -0.39 is 0 Å². The van der Waals surface area contributed by atoms with Crippen LogP contribution in [0.1, 0.15) is 80.6 Å². The van der Waals surface area contributed by atoms with Gasteiger partial charge in [0, 0.05) is 98.3 Å².